The van der Waals surface area contributed by atoms with Crippen molar-refractivity contribution in [2.45, 2.75) is 46.5 Å². The molecule has 2 nitrogen and oxygen atoms in total. The van der Waals surface area contributed by atoms with Crippen molar-refractivity contribution in [2.75, 3.05) is 5.32 Å². The van der Waals surface area contributed by atoms with Crippen LogP contribution in [0, 0.1) is 6.92 Å². The standard InChI is InChI=1S/C18H23NOS/c1-6-15-12(2)11-16(21-15)17(20)19-14-9-7-13(8-10-14)18(3,4)5/h7-11H,6H2,1-5H3,(H,19,20). The van der Waals surface area contributed by atoms with Gasteiger partial charge in [-0.2, -0.15) is 0 Å². The molecule has 2 rings (SSSR count). The first-order valence-electron chi connectivity index (χ1n) is 7.32. The zero-order valence-electron chi connectivity index (χ0n) is 13.4. The van der Waals surface area contributed by atoms with Crippen molar-refractivity contribution < 1.29 is 4.79 Å². The SMILES string of the molecule is CCc1sc(C(=O)Nc2ccc(C(C)(C)C)cc2)cc1C. The van der Waals surface area contributed by atoms with Crippen LogP contribution in [-0.4, -0.2) is 5.91 Å². The maximum Gasteiger partial charge on any atom is 0.265 e. The summed E-state index contributed by atoms with van der Waals surface area (Å²) in [6, 6.07) is 10.1. The van der Waals surface area contributed by atoms with Gasteiger partial charge in [0.25, 0.3) is 5.91 Å². The van der Waals surface area contributed by atoms with Gasteiger partial charge in [0.2, 0.25) is 0 Å². The molecule has 0 saturated carbocycles. The smallest absolute Gasteiger partial charge is 0.265 e. The number of benzene rings is 1. The van der Waals surface area contributed by atoms with E-state index in [-0.39, 0.29) is 11.3 Å². The van der Waals surface area contributed by atoms with Crippen molar-refractivity contribution in [1.29, 1.82) is 0 Å². The zero-order valence-corrected chi connectivity index (χ0v) is 14.2. The molecule has 0 aliphatic heterocycles. The van der Waals surface area contributed by atoms with E-state index in [1.807, 2.05) is 18.2 Å². The van der Waals surface area contributed by atoms with Crippen molar-refractivity contribution in [3.05, 3.63) is 51.2 Å². The summed E-state index contributed by atoms with van der Waals surface area (Å²) in [6.45, 7) is 10.7. The molecule has 0 unspecified atom stereocenters. The Labute approximate surface area is 131 Å². The van der Waals surface area contributed by atoms with Gasteiger partial charge < -0.3 is 5.32 Å². The minimum atomic E-state index is -0.0219. The van der Waals surface area contributed by atoms with Crippen LogP contribution in [0.2, 0.25) is 0 Å². The van der Waals surface area contributed by atoms with Crippen LogP contribution < -0.4 is 5.32 Å². The first-order valence-corrected chi connectivity index (χ1v) is 8.14. The largest absolute Gasteiger partial charge is 0.321 e. The number of carbonyl (C=O) groups excluding carboxylic acids is 1. The van der Waals surface area contributed by atoms with Crippen LogP contribution in [0.1, 0.15) is 53.4 Å². The molecule has 1 amide bonds. The maximum absolute atomic E-state index is 12.3. The quantitative estimate of drug-likeness (QED) is 0.832. The van der Waals surface area contributed by atoms with E-state index >= 15 is 0 Å². The summed E-state index contributed by atoms with van der Waals surface area (Å²) in [4.78, 5) is 14.3. The highest BCUT2D eigenvalue weighted by Crippen LogP contribution is 2.25. The van der Waals surface area contributed by atoms with E-state index in [0.717, 1.165) is 17.0 Å². The molecule has 2 aromatic rings. The molecule has 0 radical (unpaired) electrons. The van der Waals surface area contributed by atoms with Crippen LogP contribution in [0.15, 0.2) is 30.3 Å². The van der Waals surface area contributed by atoms with Gasteiger partial charge in [-0.05, 0) is 48.1 Å². The molecule has 0 aliphatic carbocycles. The molecule has 0 aliphatic rings. The van der Waals surface area contributed by atoms with Gasteiger partial charge in [-0.15, -0.1) is 11.3 Å². The third-order valence-electron chi connectivity index (χ3n) is 3.57. The van der Waals surface area contributed by atoms with Crippen LogP contribution in [0.25, 0.3) is 0 Å². The van der Waals surface area contributed by atoms with Crippen molar-refractivity contribution >= 4 is 22.9 Å². The summed E-state index contributed by atoms with van der Waals surface area (Å²) in [7, 11) is 0. The number of thiophene rings is 1. The molecule has 1 N–H and O–H groups in total. The molecule has 112 valence electrons. The Morgan fingerprint density at radius 2 is 1.81 bits per heavy atom. The average Bonchev–Trinajstić information content (AvgIpc) is 2.79. The van der Waals surface area contributed by atoms with Gasteiger partial charge in [0.1, 0.15) is 0 Å². The lowest BCUT2D eigenvalue weighted by atomic mass is 9.87. The van der Waals surface area contributed by atoms with Crippen LogP contribution in [-0.2, 0) is 11.8 Å². The van der Waals surface area contributed by atoms with Crippen molar-refractivity contribution in [1.82, 2.24) is 0 Å². The van der Waals surface area contributed by atoms with Crippen LogP contribution >= 0.6 is 11.3 Å². The summed E-state index contributed by atoms with van der Waals surface area (Å²) in [6.07, 6.45) is 0.976. The van der Waals surface area contributed by atoms with Gasteiger partial charge in [0, 0.05) is 10.6 Å². The van der Waals surface area contributed by atoms with E-state index in [2.05, 4.69) is 52.1 Å². The van der Waals surface area contributed by atoms with Gasteiger partial charge in [-0.1, -0.05) is 39.8 Å². The topological polar surface area (TPSA) is 29.1 Å². The number of anilines is 1. The number of rotatable bonds is 3. The third kappa shape index (κ3) is 3.73. The molecule has 3 heteroatoms. The fraction of sp³-hybridized carbons (Fsp3) is 0.389. The number of carbonyl (C=O) groups is 1. The highest BCUT2D eigenvalue weighted by Gasteiger charge is 2.14. The summed E-state index contributed by atoms with van der Waals surface area (Å²) < 4.78 is 0. The number of amides is 1. The molecule has 0 atom stereocenters. The van der Waals surface area contributed by atoms with E-state index in [9.17, 15) is 4.79 Å². The molecular formula is C18H23NOS. The molecule has 0 saturated heterocycles. The number of hydrogen-bond acceptors (Lipinski definition) is 2. The van der Waals surface area contributed by atoms with E-state index in [1.165, 1.54) is 16.0 Å². The van der Waals surface area contributed by atoms with Gasteiger partial charge in [0.15, 0.2) is 0 Å². The highest BCUT2D eigenvalue weighted by molar-refractivity contribution is 7.14. The summed E-state index contributed by atoms with van der Waals surface area (Å²) in [5.74, 6) is -0.0219. The Bertz CT molecular complexity index is 632. The average molecular weight is 301 g/mol. The normalized spacial score (nSPS) is 11.5. The van der Waals surface area contributed by atoms with E-state index in [4.69, 9.17) is 0 Å². The molecule has 0 fully saturated rings. The van der Waals surface area contributed by atoms with Crippen LogP contribution in [0.5, 0.6) is 0 Å². The minimum absolute atomic E-state index is 0.0219. The van der Waals surface area contributed by atoms with E-state index < -0.39 is 0 Å². The Kier molecular flexibility index (Phi) is 4.52. The van der Waals surface area contributed by atoms with Gasteiger partial charge >= 0.3 is 0 Å². The van der Waals surface area contributed by atoms with E-state index in [1.54, 1.807) is 11.3 Å². The lowest BCUT2D eigenvalue weighted by Crippen LogP contribution is -2.12. The lowest BCUT2D eigenvalue weighted by molar-refractivity contribution is 0.103. The number of nitrogens with one attached hydrogen (secondary N) is 1. The minimum Gasteiger partial charge on any atom is -0.321 e. The maximum atomic E-state index is 12.3. The monoisotopic (exact) mass is 301 g/mol. The Hall–Kier alpha value is -1.61. The van der Waals surface area contributed by atoms with Crippen molar-refractivity contribution in [2.24, 2.45) is 0 Å². The predicted octanol–water partition coefficient (Wildman–Crippen LogP) is 5.17. The number of hydrogen-bond donors (Lipinski definition) is 1. The summed E-state index contributed by atoms with van der Waals surface area (Å²) >= 11 is 1.58. The second-order valence-electron chi connectivity index (χ2n) is 6.35. The lowest BCUT2D eigenvalue weighted by Gasteiger charge is -2.19. The molecule has 1 aromatic heterocycles. The van der Waals surface area contributed by atoms with Gasteiger partial charge in [0.05, 0.1) is 4.88 Å². The Morgan fingerprint density at radius 1 is 1.19 bits per heavy atom. The predicted molar refractivity (Wildman–Crippen MR) is 91.5 cm³/mol. The fourth-order valence-corrected chi connectivity index (χ4v) is 3.24. The van der Waals surface area contributed by atoms with Gasteiger partial charge in [-0.25, -0.2) is 0 Å². The number of aryl methyl sites for hydroxylation is 2. The Balaban J connectivity index is 2.12. The second kappa shape index (κ2) is 6.02. The Morgan fingerprint density at radius 3 is 2.29 bits per heavy atom. The first-order chi connectivity index (χ1) is 9.81. The molecule has 0 bridgehead atoms. The summed E-state index contributed by atoms with van der Waals surface area (Å²) in [5, 5.41) is 2.97. The zero-order chi connectivity index (χ0) is 15.6. The van der Waals surface area contributed by atoms with Crippen LogP contribution in [0.3, 0.4) is 0 Å². The molecule has 1 aromatic carbocycles. The first kappa shape index (κ1) is 15.8. The molecule has 21 heavy (non-hydrogen) atoms. The summed E-state index contributed by atoms with van der Waals surface area (Å²) in [5.41, 5.74) is 3.44. The van der Waals surface area contributed by atoms with Gasteiger partial charge in [-0.3, -0.25) is 4.79 Å². The fourth-order valence-electron chi connectivity index (χ4n) is 2.23. The molecule has 1 heterocycles. The van der Waals surface area contributed by atoms with Crippen molar-refractivity contribution in [3.63, 3.8) is 0 Å². The molecular weight excluding hydrogens is 278 g/mol. The van der Waals surface area contributed by atoms with E-state index in [0.29, 0.717) is 0 Å². The highest BCUT2D eigenvalue weighted by atomic mass is 32.1. The second-order valence-corrected chi connectivity index (χ2v) is 7.49. The molecule has 0 spiro atoms. The third-order valence-corrected chi connectivity index (χ3v) is 4.95. The van der Waals surface area contributed by atoms with Crippen molar-refractivity contribution in [3.8, 4) is 0 Å². The van der Waals surface area contributed by atoms with Crippen LogP contribution in [0.4, 0.5) is 5.69 Å².